The van der Waals surface area contributed by atoms with Crippen LogP contribution in [-0.4, -0.2) is 4.98 Å². The lowest BCUT2D eigenvalue weighted by atomic mass is 10.2. The van der Waals surface area contributed by atoms with Gasteiger partial charge in [-0.1, -0.05) is 17.7 Å². The largest absolute Gasteiger partial charge is 0.440 e. The van der Waals surface area contributed by atoms with Crippen molar-refractivity contribution in [1.29, 1.82) is 0 Å². The third-order valence-corrected chi connectivity index (χ3v) is 3.08. The van der Waals surface area contributed by atoms with E-state index in [1.165, 1.54) is 18.0 Å². The summed E-state index contributed by atoms with van der Waals surface area (Å²) in [4.78, 5) is 5.00. The van der Waals surface area contributed by atoms with E-state index >= 15 is 0 Å². The second-order valence-electron chi connectivity index (χ2n) is 2.86. The van der Waals surface area contributed by atoms with E-state index in [2.05, 4.69) is 4.98 Å². The van der Waals surface area contributed by atoms with Gasteiger partial charge in [0.2, 0.25) is 0 Å². The van der Waals surface area contributed by atoms with Crippen molar-refractivity contribution in [2.24, 2.45) is 5.73 Å². The number of oxazole rings is 1. The van der Waals surface area contributed by atoms with Crippen LogP contribution < -0.4 is 5.73 Å². The fraction of sp³-hybridized carbons (Fsp3) is 0.100. The number of hydrogen-bond donors (Lipinski definition) is 1. The maximum Gasteiger partial charge on any atom is 0.260 e. The quantitative estimate of drug-likeness (QED) is 0.896. The van der Waals surface area contributed by atoms with Gasteiger partial charge in [-0.25, -0.2) is 4.98 Å². The highest BCUT2D eigenvalue weighted by atomic mass is 35.5. The number of aromatic nitrogens is 1. The summed E-state index contributed by atoms with van der Waals surface area (Å²) in [6.45, 7) is 0.447. The first kappa shape index (κ1) is 10.5. The molecule has 5 heteroatoms. The van der Waals surface area contributed by atoms with Crippen LogP contribution in [0.15, 0.2) is 45.2 Å². The number of hydrogen-bond acceptors (Lipinski definition) is 4. The lowest BCUT2D eigenvalue weighted by Gasteiger charge is -2.02. The Kier molecular flexibility index (Phi) is 3.30. The topological polar surface area (TPSA) is 52.0 Å². The summed E-state index contributed by atoms with van der Waals surface area (Å²) in [6.07, 6.45) is 3.15. The molecule has 1 heterocycles. The monoisotopic (exact) mass is 240 g/mol. The number of nitrogens with zero attached hydrogens (tertiary/aromatic N) is 1. The van der Waals surface area contributed by atoms with Crippen LogP contribution in [0.3, 0.4) is 0 Å². The van der Waals surface area contributed by atoms with Crippen LogP contribution in [-0.2, 0) is 6.54 Å². The summed E-state index contributed by atoms with van der Waals surface area (Å²) in [7, 11) is 0. The van der Waals surface area contributed by atoms with Gasteiger partial charge in [0.15, 0.2) is 0 Å². The van der Waals surface area contributed by atoms with Crippen LogP contribution in [0.4, 0.5) is 0 Å². The molecule has 0 radical (unpaired) electrons. The molecule has 0 amide bonds. The van der Waals surface area contributed by atoms with Crippen LogP contribution in [0, 0.1) is 0 Å². The zero-order valence-electron chi connectivity index (χ0n) is 7.81. The molecule has 78 valence electrons. The van der Waals surface area contributed by atoms with Gasteiger partial charge in [0.25, 0.3) is 5.22 Å². The van der Waals surface area contributed by atoms with Gasteiger partial charge >= 0.3 is 0 Å². The average molecular weight is 241 g/mol. The summed E-state index contributed by atoms with van der Waals surface area (Å²) in [5.74, 6) is 0. The Hall–Kier alpha value is -0.970. The fourth-order valence-corrected chi connectivity index (χ4v) is 2.17. The molecule has 3 nitrogen and oxygen atoms in total. The van der Waals surface area contributed by atoms with E-state index in [0.717, 1.165) is 10.5 Å². The van der Waals surface area contributed by atoms with Crippen LogP contribution in [0.1, 0.15) is 5.56 Å². The zero-order chi connectivity index (χ0) is 10.7. The molecule has 1 aromatic carbocycles. The first-order valence-corrected chi connectivity index (χ1v) is 5.55. The van der Waals surface area contributed by atoms with Gasteiger partial charge in [0.1, 0.15) is 6.26 Å². The average Bonchev–Trinajstić information content (AvgIpc) is 2.71. The van der Waals surface area contributed by atoms with Crippen LogP contribution >= 0.6 is 23.4 Å². The van der Waals surface area contributed by atoms with Crippen molar-refractivity contribution < 1.29 is 4.42 Å². The first-order valence-electron chi connectivity index (χ1n) is 4.35. The Bertz CT molecular complexity index is 445. The van der Waals surface area contributed by atoms with E-state index in [1.54, 1.807) is 6.20 Å². The van der Waals surface area contributed by atoms with E-state index < -0.39 is 0 Å². The molecule has 2 aromatic rings. The van der Waals surface area contributed by atoms with Crippen molar-refractivity contribution in [1.82, 2.24) is 4.98 Å². The van der Waals surface area contributed by atoms with Crippen LogP contribution in [0.2, 0.25) is 5.02 Å². The zero-order valence-corrected chi connectivity index (χ0v) is 9.39. The third-order valence-electron chi connectivity index (χ3n) is 1.86. The lowest BCUT2D eigenvalue weighted by molar-refractivity contribution is 0.454. The predicted octanol–water partition coefficient (Wildman–Crippen LogP) is 2.94. The van der Waals surface area contributed by atoms with Gasteiger partial charge < -0.3 is 10.2 Å². The van der Waals surface area contributed by atoms with Gasteiger partial charge in [0, 0.05) is 16.5 Å². The molecule has 2 rings (SSSR count). The SMILES string of the molecule is NCc1ccc(Sc2ncco2)cc1Cl. The summed E-state index contributed by atoms with van der Waals surface area (Å²) in [5, 5.41) is 1.28. The van der Waals surface area contributed by atoms with Crippen molar-refractivity contribution in [3.05, 3.63) is 41.2 Å². The molecule has 0 aliphatic rings. The maximum atomic E-state index is 6.03. The molecule has 1 aromatic heterocycles. The highest BCUT2D eigenvalue weighted by Crippen LogP contribution is 2.29. The molecule has 0 aliphatic heterocycles. The van der Waals surface area contributed by atoms with E-state index in [0.29, 0.717) is 16.8 Å². The summed E-state index contributed by atoms with van der Waals surface area (Å²) >= 11 is 7.45. The molecule has 15 heavy (non-hydrogen) atoms. The first-order chi connectivity index (χ1) is 7.29. The fourth-order valence-electron chi connectivity index (χ4n) is 1.12. The Morgan fingerprint density at radius 1 is 1.47 bits per heavy atom. The smallest absolute Gasteiger partial charge is 0.260 e. The van der Waals surface area contributed by atoms with Crippen LogP contribution in [0.5, 0.6) is 0 Å². The minimum atomic E-state index is 0.447. The minimum absolute atomic E-state index is 0.447. The summed E-state index contributed by atoms with van der Waals surface area (Å²) in [6, 6.07) is 5.72. The maximum absolute atomic E-state index is 6.03. The molecule has 0 fully saturated rings. The molecule has 0 saturated heterocycles. The predicted molar refractivity (Wildman–Crippen MR) is 60.0 cm³/mol. The Labute approximate surface area is 96.6 Å². The molecule has 0 saturated carbocycles. The molecular formula is C10H9ClN2OS. The second kappa shape index (κ2) is 4.70. The van der Waals surface area contributed by atoms with Gasteiger partial charge in [-0.2, -0.15) is 0 Å². The molecule has 0 aliphatic carbocycles. The number of rotatable bonds is 3. The minimum Gasteiger partial charge on any atom is -0.440 e. The van der Waals surface area contributed by atoms with Crippen LogP contribution in [0.25, 0.3) is 0 Å². The third kappa shape index (κ3) is 2.53. The van der Waals surface area contributed by atoms with Crippen molar-refractivity contribution in [2.45, 2.75) is 16.7 Å². The Balaban J connectivity index is 2.20. The van der Waals surface area contributed by atoms with Crippen molar-refractivity contribution in [3.63, 3.8) is 0 Å². The second-order valence-corrected chi connectivity index (χ2v) is 4.29. The number of nitrogens with two attached hydrogens (primary N) is 1. The molecule has 0 bridgehead atoms. The van der Waals surface area contributed by atoms with E-state index in [1.807, 2.05) is 18.2 Å². The van der Waals surface area contributed by atoms with E-state index in [9.17, 15) is 0 Å². The van der Waals surface area contributed by atoms with Gasteiger partial charge in [-0.3, -0.25) is 0 Å². The lowest BCUT2D eigenvalue weighted by Crippen LogP contribution is -1.96. The highest BCUT2D eigenvalue weighted by molar-refractivity contribution is 7.99. The van der Waals surface area contributed by atoms with Gasteiger partial charge in [-0.15, -0.1) is 0 Å². The van der Waals surface area contributed by atoms with E-state index in [-0.39, 0.29) is 0 Å². The summed E-state index contributed by atoms with van der Waals surface area (Å²) < 4.78 is 5.12. The van der Waals surface area contributed by atoms with Crippen molar-refractivity contribution in [2.75, 3.05) is 0 Å². The number of halogens is 1. The molecular weight excluding hydrogens is 232 g/mol. The van der Waals surface area contributed by atoms with Gasteiger partial charge in [-0.05, 0) is 29.5 Å². The molecule has 0 unspecified atom stereocenters. The number of benzene rings is 1. The Morgan fingerprint density at radius 3 is 2.93 bits per heavy atom. The summed E-state index contributed by atoms with van der Waals surface area (Å²) in [5.41, 5.74) is 6.45. The molecule has 2 N–H and O–H groups in total. The normalized spacial score (nSPS) is 10.5. The van der Waals surface area contributed by atoms with Crippen molar-refractivity contribution in [3.8, 4) is 0 Å². The van der Waals surface area contributed by atoms with Gasteiger partial charge in [0.05, 0.1) is 6.20 Å². The van der Waals surface area contributed by atoms with E-state index in [4.69, 9.17) is 21.8 Å². The standard InChI is InChI=1S/C10H9ClN2OS/c11-9-5-8(2-1-7(9)6-12)15-10-13-3-4-14-10/h1-5H,6,12H2. The molecule has 0 spiro atoms. The van der Waals surface area contributed by atoms with Crippen molar-refractivity contribution >= 4 is 23.4 Å². The Morgan fingerprint density at radius 2 is 2.33 bits per heavy atom. The highest BCUT2D eigenvalue weighted by Gasteiger charge is 2.04. The molecule has 0 atom stereocenters.